The monoisotopic (exact) mass is 318 g/mol. The number of rotatable bonds is 3. The van der Waals surface area contributed by atoms with Crippen molar-refractivity contribution < 1.29 is 9.30 Å². The number of benzene rings is 2. The second-order valence-corrected chi connectivity index (χ2v) is 6.48. The predicted molar refractivity (Wildman–Crippen MR) is 89.4 cm³/mol. The van der Waals surface area contributed by atoms with Gasteiger partial charge in [0, 0.05) is 17.5 Å². The van der Waals surface area contributed by atoms with Gasteiger partial charge in [0.25, 0.3) is 0 Å². The number of fused-ring (bicyclic) bond motifs is 1. The number of halogens is 1. The van der Waals surface area contributed by atoms with Crippen LogP contribution in [0.1, 0.15) is 11.9 Å². The van der Waals surface area contributed by atoms with Crippen LogP contribution in [0.25, 0.3) is 21.3 Å². The maximum atomic E-state index is 6.43. The zero-order valence-corrected chi connectivity index (χ0v) is 13.9. The first-order valence-electron chi connectivity index (χ1n) is 6.92. The Bertz CT molecular complexity index is 810. The Hall–Kier alpha value is -1.58. The van der Waals surface area contributed by atoms with E-state index in [1.54, 1.807) is 18.4 Å². The Morgan fingerprint density at radius 3 is 2.62 bits per heavy atom. The summed E-state index contributed by atoms with van der Waals surface area (Å²) in [5.74, 6) is 0.857. The van der Waals surface area contributed by atoms with Gasteiger partial charge in [-0.3, -0.25) is 0 Å². The highest BCUT2D eigenvalue weighted by atomic mass is 35.5. The summed E-state index contributed by atoms with van der Waals surface area (Å²) in [6.45, 7) is 5.24. The molecule has 3 aromatic rings. The molecule has 0 aliphatic carbocycles. The molecule has 3 rings (SSSR count). The van der Waals surface area contributed by atoms with Gasteiger partial charge in [0.05, 0.1) is 12.7 Å². The van der Waals surface area contributed by atoms with Crippen molar-refractivity contribution in [2.45, 2.75) is 20.4 Å². The van der Waals surface area contributed by atoms with Crippen LogP contribution in [0, 0.1) is 6.92 Å². The van der Waals surface area contributed by atoms with E-state index in [4.69, 9.17) is 16.3 Å². The van der Waals surface area contributed by atoms with Crippen LogP contribution in [0.5, 0.6) is 5.75 Å². The average Bonchev–Trinajstić information content (AvgIpc) is 2.82. The highest BCUT2D eigenvalue weighted by molar-refractivity contribution is 7.18. The summed E-state index contributed by atoms with van der Waals surface area (Å²) >= 11 is 8.23. The number of hydrogen-bond acceptors (Lipinski definition) is 2. The zero-order valence-electron chi connectivity index (χ0n) is 12.3. The van der Waals surface area contributed by atoms with E-state index < -0.39 is 0 Å². The molecule has 0 radical (unpaired) electrons. The lowest BCUT2D eigenvalue weighted by molar-refractivity contribution is -0.669. The van der Waals surface area contributed by atoms with Crippen LogP contribution in [0.3, 0.4) is 0 Å². The highest BCUT2D eigenvalue weighted by Gasteiger charge is 2.24. The molecule has 2 nitrogen and oxygen atoms in total. The van der Waals surface area contributed by atoms with Gasteiger partial charge in [0.2, 0.25) is 10.5 Å². The van der Waals surface area contributed by atoms with Crippen LogP contribution in [0.15, 0.2) is 36.4 Å². The minimum atomic E-state index is 0.745. The standard InChI is InChI=1S/C17H17ClNOS/c1-4-19-11(2)21-15-10-9-14(20-3)16(17(15)19)12-7-5-6-8-13(12)18/h5-10H,4H2,1-3H3/q+1. The minimum Gasteiger partial charge on any atom is -0.496 e. The smallest absolute Gasteiger partial charge is 0.235 e. The van der Waals surface area contributed by atoms with Gasteiger partial charge in [0.1, 0.15) is 17.0 Å². The molecule has 0 saturated heterocycles. The molecule has 0 unspecified atom stereocenters. The van der Waals surface area contributed by atoms with Gasteiger partial charge < -0.3 is 4.74 Å². The molecule has 2 aromatic carbocycles. The van der Waals surface area contributed by atoms with E-state index in [0.717, 1.165) is 28.4 Å². The first kappa shape index (κ1) is 14.4. The van der Waals surface area contributed by atoms with Crippen molar-refractivity contribution in [1.29, 1.82) is 0 Å². The summed E-state index contributed by atoms with van der Waals surface area (Å²) in [5.41, 5.74) is 3.29. The zero-order chi connectivity index (χ0) is 15.0. The molecule has 4 heteroatoms. The van der Waals surface area contributed by atoms with Crippen molar-refractivity contribution in [3.63, 3.8) is 0 Å². The molecule has 1 aromatic heterocycles. The summed E-state index contributed by atoms with van der Waals surface area (Å²) < 4.78 is 9.18. The largest absolute Gasteiger partial charge is 0.496 e. The SMILES string of the molecule is CC[n+]1c(C)sc2ccc(OC)c(-c3ccccc3Cl)c21. The number of nitrogens with zero attached hydrogens (tertiary/aromatic N) is 1. The second kappa shape index (κ2) is 5.66. The Morgan fingerprint density at radius 2 is 1.95 bits per heavy atom. The highest BCUT2D eigenvalue weighted by Crippen LogP contribution is 2.40. The molecule has 0 N–H and O–H groups in total. The molecule has 0 aliphatic heterocycles. The Labute approximate surface area is 133 Å². The first-order valence-corrected chi connectivity index (χ1v) is 8.11. The molecule has 21 heavy (non-hydrogen) atoms. The molecule has 0 saturated carbocycles. The summed E-state index contributed by atoms with van der Waals surface area (Å²) in [4.78, 5) is 0. The molecule has 0 fully saturated rings. The molecule has 0 amide bonds. The van der Waals surface area contributed by atoms with E-state index in [0.29, 0.717) is 0 Å². The molecule has 108 valence electrons. The minimum absolute atomic E-state index is 0.745. The van der Waals surface area contributed by atoms with Crippen LogP contribution >= 0.6 is 22.9 Å². The van der Waals surface area contributed by atoms with Gasteiger partial charge in [0.15, 0.2) is 0 Å². The Balaban J connectivity index is 2.46. The normalized spacial score (nSPS) is 11.0. The van der Waals surface area contributed by atoms with Crippen LogP contribution in [0.2, 0.25) is 5.02 Å². The second-order valence-electron chi connectivity index (χ2n) is 4.83. The van der Waals surface area contributed by atoms with Crippen LogP contribution in [-0.2, 0) is 6.54 Å². The van der Waals surface area contributed by atoms with Gasteiger partial charge in [-0.05, 0) is 25.1 Å². The van der Waals surface area contributed by atoms with E-state index in [9.17, 15) is 0 Å². The number of aromatic nitrogens is 1. The van der Waals surface area contributed by atoms with E-state index >= 15 is 0 Å². The van der Waals surface area contributed by atoms with E-state index in [-0.39, 0.29) is 0 Å². The molecule has 0 bridgehead atoms. The summed E-state index contributed by atoms with van der Waals surface area (Å²) in [5, 5.41) is 2.03. The van der Waals surface area contributed by atoms with Gasteiger partial charge in [-0.15, -0.1) is 0 Å². The van der Waals surface area contributed by atoms with Crippen molar-refractivity contribution >= 4 is 33.2 Å². The van der Waals surface area contributed by atoms with E-state index in [2.05, 4.69) is 24.5 Å². The fourth-order valence-electron chi connectivity index (χ4n) is 2.75. The van der Waals surface area contributed by atoms with Gasteiger partial charge in [-0.1, -0.05) is 41.1 Å². The van der Waals surface area contributed by atoms with Crippen molar-refractivity contribution in [3.8, 4) is 16.9 Å². The van der Waals surface area contributed by atoms with Gasteiger partial charge in [-0.2, -0.15) is 4.57 Å². The fraction of sp³-hybridized carbons (Fsp3) is 0.235. The van der Waals surface area contributed by atoms with E-state index in [1.807, 2.05) is 30.3 Å². The number of methoxy groups -OCH3 is 1. The predicted octanol–water partition coefficient (Wildman–Crippen LogP) is 4.85. The lowest BCUT2D eigenvalue weighted by Gasteiger charge is -2.10. The summed E-state index contributed by atoms with van der Waals surface area (Å²) in [7, 11) is 1.71. The Morgan fingerprint density at radius 1 is 1.19 bits per heavy atom. The lowest BCUT2D eigenvalue weighted by Crippen LogP contribution is -2.33. The van der Waals surface area contributed by atoms with Crippen LogP contribution < -0.4 is 9.30 Å². The third-order valence-corrected chi connectivity index (χ3v) is 5.08. The average molecular weight is 319 g/mol. The molecule has 0 atom stereocenters. The molecule has 1 heterocycles. The third kappa shape index (κ3) is 2.30. The van der Waals surface area contributed by atoms with Crippen LogP contribution in [-0.4, -0.2) is 7.11 Å². The van der Waals surface area contributed by atoms with Gasteiger partial charge >= 0.3 is 0 Å². The van der Waals surface area contributed by atoms with Crippen LogP contribution in [0.4, 0.5) is 0 Å². The Kier molecular flexibility index (Phi) is 3.87. The summed E-state index contributed by atoms with van der Waals surface area (Å²) in [6, 6.07) is 12.1. The number of aryl methyl sites for hydroxylation is 2. The van der Waals surface area contributed by atoms with Crippen molar-refractivity contribution in [2.24, 2.45) is 0 Å². The summed E-state index contributed by atoms with van der Waals surface area (Å²) in [6.07, 6.45) is 0. The topological polar surface area (TPSA) is 13.1 Å². The maximum Gasteiger partial charge on any atom is 0.235 e. The molecular formula is C17H17ClNOS+. The maximum absolute atomic E-state index is 6.43. The quantitative estimate of drug-likeness (QED) is 0.629. The van der Waals surface area contributed by atoms with Crippen molar-refractivity contribution in [1.82, 2.24) is 0 Å². The number of thiazole rings is 1. The molecular weight excluding hydrogens is 302 g/mol. The third-order valence-electron chi connectivity index (χ3n) is 3.69. The van der Waals surface area contributed by atoms with Crippen molar-refractivity contribution in [3.05, 3.63) is 46.4 Å². The number of hydrogen-bond donors (Lipinski definition) is 0. The number of ether oxygens (including phenoxy) is 1. The van der Waals surface area contributed by atoms with E-state index in [1.165, 1.54) is 15.2 Å². The fourth-order valence-corrected chi connectivity index (χ4v) is 4.07. The molecule has 0 spiro atoms. The first-order chi connectivity index (χ1) is 10.2. The van der Waals surface area contributed by atoms with Crippen molar-refractivity contribution in [2.75, 3.05) is 7.11 Å². The van der Waals surface area contributed by atoms with Gasteiger partial charge in [-0.25, -0.2) is 0 Å². The lowest BCUT2D eigenvalue weighted by atomic mass is 10.0. The molecule has 0 aliphatic rings.